The number of hydrogen-bond donors (Lipinski definition) is 2. The summed E-state index contributed by atoms with van der Waals surface area (Å²) in [6.45, 7) is 1.83. The molecule has 110 valence electrons. The molecule has 6 heteroatoms. The van der Waals surface area contributed by atoms with E-state index in [1.807, 2.05) is 25.1 Å². The number of halogens is 1. The van der Waals surface area contributed by atoms with Gasteiger partial charge in [0.15, 0.2) is 0 Å². The summed E-state index contributed by atoms with van der Waals surface area (Å²) in [4.78, 5) is 28.1. The number of nitrogens with one attached hydrogen (secondary N) is 1. The molecule has 0 spiro atoms. The van der Waals surface area contributed by atoms with Gasteiger partial charge in [0.2, 0.25) is 5.91 Å². The number of rotatable bonds is 3. The van der Waals surface area contributed by atoms with Crippen LogP contribution in [0.2, 0.25) is 0 Å². The number of carbonyl (C=O) groups excluding carboxylic acids is 1. The minimum Gasteiger partial charge on any atom is -0.481 e. The van der Waals surface area contributed by atoms with Crippen molar-refractivity contribution >= 4 is 33.6 Å². The molecule has 1 heterocycles. The highest BCUT2D eigenvalue weighted by Crippen LogP contribution is 2.48. The van der Waals surface area contributed by atoms with Crippen molar-refractivity contribution < 1.29 is 14.7 Å². The average Bonchev–Trinajstić information content (AvgIpc) is 3.03. The van der Waals surface area contributed by atoms with Gasteiger partial charge >= 0.3 is 5.97 Å². The van der Waals surface area contributed by atoms with Crippen LogP contribution in [0.3, 0.4) is 0 Å². The van der Waals surface area contributed by atoms with Crippen molar-refractivity contribution in [2.24, 2.45) is 23.7 Å². The highest BCUT2D eigenvalue weighted by molar-refractivity contribution is 9.10. The number of anilines is 1. The Kier molecular flexibility index (Phi) is 3.57. The van der Waals surface area contributed by atoms with Crippen LogP contribution >= 0.6 is 15.9 Å². The van der Waals surface area contributed by atoms with Gasteiger partial charge in [-0.2, -0.15) is 0 Å². The quantitative estimate of drug-likeness (QED) is 0.821. The third kappa shape index (κ3) is 2.48. The van der Waals surface area contributed by atoms with E-state index in [-0.39, 0.29) is 17.7 Å². The Morgan fingerprint density at radius 3 is 2.57 bits per heavy atom. The monoisotopic (exact) mass is 350 g/mol. The number of carboxylic acid groups (broad SMARTS) is 1. The molecule has 1 amide bonds. The first-order valence-corrected chi connectivity index (χ1v) is 7.62. The van der Waals surface area contributed by atoms with E-state index < -0.39 is 17.8 Å². The van der Waals surface area contributed by atoms with Crippen LogP contribution in [0.25, 0.3) is 0 Å². The van der Waals surface area contributed by atoms with Gasteiger partial charge in [0.1, 0.15) is 5.82 Å². The van der Waals surface area contributed by atoms with E-state index in [1.165, 1.54) is 0 Å². The molecule has 2 aliphatic rings. The van der Waals surface area contributed by atoms with Gasteiger partial charge in [-0.05, 0) is 53.2 Å². The van der Waals surface area contributed by atoms with Crippen LogP contribution in [0.15, 0.2) is 28.8 Å². The Balaban J connectivity index is 1.80. The van der Waals surface area contributed by atoms with Gasteiger partial charge < -0.3 is 10.4 Å². The van der Waals surface area contributed by atoms with Gasteiger partial charge in [-0.15, -0.1) is 0 Å². The number of fused-ring (bicyclic) bond motifs is 2. The maximum absolute atomic E-state index is 12.5. The fourth-order valence-corrected chi connectivity index (χ4v) is 3.56. The Morgan fingerprint density at radius 1 is 1.29 bits per heavy atom. The smallest absolute Gasteiger partial charge is 0.307 e. The predicted octanol–water partition coefficient (Wildman–Crippen LogP) is 2.61. The Morgan fingerprint density at radius 2 is 1.95 bits per heavy atom. The van der Waals surface area contributed by atoms with Gasteiger partial charge in [0, 0.05) is 4.47 Å². The largest absolute Gasteiger partial charge is 0.481 e. The number of aryl methyl sites for hydroxylation is 1. The number of carboxylic acids is 1. The van der Waals surface area contributed by atoms with Crippen molar-refractivity contribution in [2.45, 2.75) is 13.3 Å². The van der Waals surface area contributed by atoms with Crippen LogP contribution in [0.1, 0.15) is 12.1 Å². The van der Waals surface area contributed by atoms with Crippen molar-refractivity contribution in [3.8, 4) is 0 Å². The lowest BCUT2D eigenvalue weighted by molar-refractivity contribution is -0.146. The number of allylic oxidation sites excluding steroid dienone is 2. The molecule has 2 aliphatic carbocycles. The predicted molar refractivity (Wildman–Crippen MR) is 80.7 cm³/mol. The van der Waals surface area contributed by atoms with Crippen molar-refractivity contribution in [3.63, 3.8) is 0 Å². The van der Waals surface area contributed by atoms with Crippen molar-refractivity contribution in [3.05, 3.63) is 34.5 Å². The molecule has 0 aromatic carbocycles. The van der Waals surface area contributed by atoms with Gasteiger partial charge in [-0.3, -0.25) is 9.59 Å². The summed E-state index contributed by atoms with van der Waals surface area (Å²) in [5, 5.41) is 12.1. The lowest BCUT2D eigenvalue weighted by Gasteiger charge is -2.23. The lowest BCUT2D eigenvalue weighted by atomic mass is 9.82. The normalized spacial score (nSPS) is 29.6. The molecule has 1 aromatic heterocycles. The van der Waals surface area contributed by atoms with E-state index in [0.29, 0.717) is 5.82 Å². The standard InChI is InChI=1S/C15H15BrN2O3/c1-7-10(16)4-5-11(17-7)18-14(19)12-8-2-3-9(6-8)13(12)15(20)21/h2-5,8-9,12-13H,6H2,1H3,(H,20,21)(H,17,18,19)/t8?,9?,12-,13+/m0/s1. The zero-order valence-corrected chi connectivity index (χ0v) is 13.0. The van der Waals surface area contributed by atoms with Crippen molar-refractivity contribution in [1.29, 1.82) is 0 Å². The van der Waals surface area contributed by atoms with Crippen LogP contribution in [0.5, 0.6) is 0 Å². The summed E-state index contributed by atoms with van der Waals surface area (Å²) in [6.07, 6.45) is 4.64. The van der Waals surface area contributed by atoms with E-state index >= 15 is 0 Å². The molecule has 1 fully saturated rings. The Labute approximate surface area is 130 Å². The van der Waals surface area contributed by atoms with Crippen LogP contribution in [0, 0.1) is 30.6 Å². The zero-order chi connectivity index (χ0) is 15.1. The molecule has 1 aromatic rings. The number of amides is 1. The first-order chi connectivity index (χ1) is 9.97. The SMILES string of the molecule is Cc1nc(NC(=O)[C@H]2C3C=CC(C3)[C@H]2C(=O)O)ccc1Br. The molecular weight excluding hydrogens is 336 g/mol. The minimum atomic E-state index is -0.896. The minimum absolute atomic E-state index is 0.0210. The summed E-state index contributed by atoms with van der Waals surface area (Å²) in [7, 11) is 0. The highest BCUT2D eigenvalue weighted by Gasteiger charge is 2.51. The molecule has 5 nitrogen and oxygen atoms in total. The zero-order valence-electron chi connectivity index (χ0n) is 11.4. The van der Waals surface area contributed by atoms with Crippen molar-refractivity contribution in [1.82, 2.24) is 4.98 Å². The molecular formula is C15H15BrN2O3. The summed E-state index contributed by atoms with van der Waals surface area (Å²) in [6, 6.07) is 3.52. The number of aliphatic carboxylic acids is 1. The van der Waals surface area contributed by atoms with Gasteiger partial charge in [0.25, 0.3) is 0 Å². The van der Waals surface area contributed by atoms with E-state index in [0.717, 1.165) is 16.6 Å². The van der Waals surface area contributed by atoms with E-state index in [2.05, 4.69) is 26.2 Å². The molecule has 4 atom stereocenters. The number of nitrogens with zero attached hydrogens (tertiary/aromatic N) is 1. The number of aromatic nitrogens is 1. The summed E-state index contributed by atoms with van der Waals surface area (Å²) in [5.41, 5.74) is 0.774. The third-order valence-electron chi connectivity index (χ3n) is 4.32. The van der Waals surface area contributed by atoms with Crippen LogP contribution in [0.4, 0.5) is 5.82 Å². The van der Waals surface area contributed by atoms with E-state index in [9.17, 15) is 14.7 Å². The molecule has 0 aliphatic heterocycles. The van der Waals surface area contributed by atoms with Crippen molar-refractivity contribution in [2.75, 3.05) is 5.32 Å². The first-order valence-electron chi connectivity index (χ1n) is 6.82. The molecule has 0 radical (unpaired) electrons. The van der Waals surface area contributed by atoms with Gasteiger partial charge in [0.05, 0.1) is 17.5 Å². The van der Waals surface area contributed by atoms with E-state index in [4.69, 9.17) is 0 Å². The fourth-order valence-electron chi connectivity index (χ4n) is 3.34. The second-order valence-electron chi connectivity index (χ2n) is 5.59. The molecule has 21 heavy (non-hydrogen) atoms. The lowest BCUT2D eigenvalue weighted by Crippen LogP contribution is -2.36. The topological polar surface area (TPSA) is 79.3 Å². The first kappa shape index (κ1) is 14.3. The summed E-state index contributed by atoms with van der Waals surface area (Å²) < 4.78 is 0.867. The molecule has 2 unspecified atom stereocenters. The Bertz CT molecular complexity index is 644. The van der Waals surface area contributed by atoms with Gasteiger partial charge in [-0.25, -0.2) is 4.98 Å². The maximum Gasteiger partial charge on any atom is 0.307 e. The van der Waals surface area contributed by atoms with Crippen LogP contribution in [-0.4, -0.2) is 22.0 Å². The van der Waals surface area contributed by atoms with E-state index in [1.54, 1.807) is 6.07 Å². The third-order valence-corrected chi connectivity index (χ3v) is 5.16. The molecule has 1 saturated carbocycles. The summed E-state index contributed by atoms with van der Waals surface area (Å²) >= 11 is 3.35. The number of pyridine rings is 1. The van der Waals surface area contributed by atoms with Gasteiger partial charge in [-0.1, -0.05) is 12.2 Å². The number of hydrogen-bond acceptors (Lipinski definition) is 3. The van der Waals surface area contributed by atoms with Crippen LogP contribution in [-0.2, 0) is 9.59 Å². The second-order valence-corrected chi connectivity index (χ2v) is 6.45. The van der Waals surface area contributed by atoms with Crippen LogP contribution < -0.4 is 5.32 Å². The molecule has 2 bridgehead atoms. The maximum atomic E-state index is 12.5. The second kappa shape index (κ2) is 5.26. The average molecular weight is 351 g/mol. The fraction of sp³-hybridized carbons (Fsp3) is 0.400. The molecule has 3 rings (SSSR count). The highest BCUT2D eigenvalue weighted by atomic mass is 79.9. The summed E-state index contributed by atoms with van der Waals surface area (Å²) in [5.74, 6) is -1.84. The molecule has 0 saturated heterocycles. The Hall–Kier alpha value is -1.69. The molecule has 2 N–H and O–H groups in total. The number of carbonyl (C=O) groups is 2.